The number of alkyl halides is 6. The number of hydrogen-bond donors (Lipinski definition) is 0. The molecule has 0 aliphatic rings. The molecule has 154 valence electrons. The van der Waals surface area contributed by atoms with E-state index in [1.165, 1.54) is 13.8 Å². The third kappa shape index (κ3) is 6.68. The summed E-state index contributed by atoms with van der Waals surface area (Å²) in [6.07, 6.45) is -16.3. The molecule has 0 aromatic heterocycles. The minimum atomic E-state index is -5.80. The monoisotopic (exact) mass is 394 g/mol. The molecular formula is C16H24F6O4. The molecule has 0 aromatic rings. The van der Waals surface area contributed by atoms with E-state index in [4.69, 9.17) is 4.74 Å². The molecule has 0 saturated heterocycles. The maximum absolute atomic E-state index is 12.5. The topological polar surface area (TPSA) is 52.6 Å². The molecule has 0 rings (SSSR count). The van der Waals surface area contributed by atoms with Crippen LogP contribution < -0.4 is 0 Å². The van der Waals surface area contributed by atoms with Crippen molar-refractivity contribution in [3.8, 4) is 0 Å². The molecule has 0 atom stereocenters. The molecule has 0 aromatic carbocycles. The third-order valence-electron chi connectivity index (χ3n) is 4.34. The predicted molar refractivity (Wildman–Crippen MR) is 80.1 cm³/mol. The Morgan fingerprint density at radius 3 is 1.58 bits per heavy atom. The van der Waals surface area contributed by atoms with Gasteiger partial charge in [-0.3, -0.25) is 9.59 Å². The van der Waals surface area contributed by atoms with Gasteiger partial charge >= 0.3 is 24.3 Å². The first kappa shape index (κ1) is 24.5. The Kier molecular flexibility index (Phi) is 7.99. The van der Waals surface area contributed by atoms with Gasteiger partial charge in [-0.25, -0.2) is 0 Å². The molecule has 0 heterocycles. The fraction of sp³-hybridized carbons (Fsp3) is 0.875. The van der Waals surface area contributed by atoms with E-state index in [-0.39, 0.29) is 12.8 Å². The van der Waals surface area contributed by atoms with Crippen LogP contribution in [-0.2, 0) is 19.1 Å². The molecule has 0 unspecified atom stereocenters. The van der Waals surface area contributed by atoms with Crippen molar-refractivity contribution in [3.63, 3.8) is 0 Å². The zero-order valence-corrected chi connectivity index (χ0v) is 15.3. The van der Waals surface area contributed by atoms with Crippen molar-refractivity contribution in [2.75, 3.05) is 0 Å². The van der Waals surface area contributed by atoms with E-state index in [0.29, 0.717) is 6.42 Å². The number of rotatable bonds is 8. The van der Waals surface area contributed by atoms with E-state index >= 15 is 0 Å². The second-order valence-corrected chi connectivity index (χ2v) is 6.65. The fourth-order valence-corrected chi connectivity index (χ4v) is 1.91. The van der Waals surface area contributed by atoms with Gasteiger partial charge in [-0.2, -0.15) is 26.3 Å². The molecule has 0 radical (unpaired) electrons. The summed E-state index contributed by atoms with van der Waals surface area (Å²) in [6, 6.07) is 0. The largest absolute Gasteiger partial charge is 0.458 e. The zero-order chi connectivity index (χ0) is 21.0. The molecule has 0 aliphatic heterocycles. The van der Waals surface area contributed by atoms with Gasteiger partial charge in [0.1, 0.15) is 5.60 Å². The summed E-state index contributed by atoms with van der Waals surface area (Å²) >= 11 is 0. The summed E-state index contributed by atoms with van der Waals surface area (Å²) in [7, 11) is 0. The van der Waals surface area contributed by atoms with Gasteiger partial charge in [-0.15, -0.1) is 0 Å². The van der Waals surface area contributed by atoms with Crippen LogP contribution in [-0.4, -0.2) is 36.0 Å². The molecule has 0 fully saturated rings. The van der Waals surface area contributed by atoms with Crippen LogP contribution in [0.25, 0.3) is 0 Å². The lowest BCUT2D eigenvalue weighted by Gasteiger charge is -2.34. The van der Waals surface area contributed by atoms with E-state index in [1.807, 2.05) is 0 Å². The highest BCUT2D eigenvalue weighted by atomic mass is 19.4. The first-order valence-electron chi connectivity index (χ1n) is 8.11. The quantitative estimate of drug-likeness (QED) is 0.432. The molecule has 26 heavy (non-hydrogen) atoms. The highest BCUT2D eigenvalue weighted by molar-refractivity contribution is 5.77. The summed E-state index contributed by atoms with van der Waals surface area (Å²) in [5.41, 5.74) is -2.46. The summed E-state index contributed by atoms with van der Waals surface area (Å²) in [5.74, 6) is -2.44. The van der Waals surface area contributed by atoms with E-state index in [2.05, 4.69) is 4.74 Å². The first-order valence-corrected chi connectivity index (χ1v) is 8.11. The van der Waals surface area contributed by atoms with Crippen molar-refractivity contribution in [2.24, 2.45) is 5.41 Å². The summed E-state index contributed by atoms with van der Waals surface area (Å²) in [4.78, 5) is 24.0. The molecule has 0 saturated carbocycles. The van der Waals surface area contributed by atoms with Crippen molar-refractivity contribution in [3.05, 3.63) is 0 Å². The van der Waals surface area contributed by atoms with Crippen LogP contribution in [0.2, 0.25) is 0 Å². The predicted octanol–water partition coefficient (Wildman–Crippen LogP) is 4.95. The normalized spacial score (nSPS) is 13.7. The van der Waals surface area contributed by atoms with E-state index in [0.717, 1.165) is 0 Å². The highest BCUT2D eigenvalue weighted by Gasteiger charge is 2.60. The van der Waals surface area contributed by atoms with E-state index in [1.54, 1.807) is 20.8 Å². The van der Waals surface area contributed by atoms with Crippen molar-refractivity contribution in [1.29, 1.82) is 0 Å². The Bertz CT molecular complexity index is 478. The molecule has 0 aliphatic carbocycles. The Morgan fingerprint density at radius 1 is 0.846 bits per heavy atom. The number of carbonyl (C=O) groups excluding carboxylic acids is 2. The van der Waals surface area contributed by atoms with Crippen LogP contribution in [0.1, 0.15) is 60.3 Å². The molecular weight excluding hydrogens is 370 g/mol. The van der Waals surface area contributed by atoms with Crippen LogP contribution in [0.3, 0.4) is 0 Å². The van der Waals surface area contributed by atoms with Gasteiger partial charge in [-0.1, -0.05) is 20.8 Å². The molecule has 0 spiro atoms. The Morgan fingerprint density at radius 2 is 1.27 bits per heavy atom. The minimum Gasteiger partial charge on any atom is -0.458 e. The van der Waals surface area contributed by atoms with E-state index in [9.17, 15) is 35.9 Å². The molecule has 4 nitrogen and oxygen atoms in total. The third-order valence-corrected chi connectivity index (χ3v) is 4.34. The lowest BCUT2D eigenvalue weighted by Crippen LogP contribution is -2.47. The van der Waals surface area contributed by atoms with E-state index < -0.39 is 47.8 Å². The average molecular weight is 394 g/mol. The van der Waals surface area contributed by atoms with Crippen LogP contribution in [0.4, 0.5) is 26.3 Å². The van der Waals surface area contributed by atoms with Crippen LogP contribution in [0, 0.1) is 5.41 Å². The minimum absolute atomic E-state index is 0.0207. The maximum Gasteiger partial charge on any atom is 0.434 e. The number of ether oxygens (including phenoxy) is 2. The molecule has 10 heteroatoms. The lowest BCUT2D eigenvalue weighted by atomic mass is 9.88. The average Bonchev–Trinajstić information content (AvgIpc) is 2.49. The maximum atomic E-state index is 12.5. The number of esters is 2. The van der Waals surface area contributed by atoms with Gasteiger partial charge in [0.05, 0.1) is 11.8 Å². The Balaban J connectivity index is 5.38. The zero-order valence-electron chi connectivity index (χ0n) is 15.3. The lowest BCUT2D eigenvalue weighted by molar-refractivity contribution is -0.314. The summed E-state index contributed by atoms with van der Waals surface area (Å²) in [5, 5.41) is 0. The molecule has 0 N–H and O–H groups in total. The van der Waals surface area contributed by atoms with Gasteiger partial charge in [0.25, 0.3) is 6.10 Å². The van der Waals surface area contributed by atoms with Gasteiger partial charge in [0.2, 0.25) is 0 Å². The van der Waals surface area contributed by atoms with Crippen molar-refractivity contribution >= 4 is 11.9 Å². The standard InChI is InChI=1S/C16H24F6O4/c1-6-13(4,5)12(24)26-14(7-2,8-3)9-10(23)25-11(15(17,18)19)16(20,21)22/h11H,6-9H2,1-5H3. The second kappa shape index (κ2) is 8.47. The fourth-order valence-electron chi connectivity index (χ4n) is 1.91. The summed E-state index contributed by atoms with van der Waals surface area (Å²) in [6.45, 7) is 7.88. The van der Waals surface area contributed by atoms with Crippen molar-refractivity contribution in [1.82, 2.24) is 0 Å². The highest BCUT2D eigenvalue weighted by Crippen LogP contribution is 2.37. The van der Waals surface area contributed by atoms with Crippen LogP contribution in [0.15, 0.2) is 0 Å². The van der Waals surface area contributed by atoms with Crippen molar-refractivity contribution < 1.29 is 45.4 Å². The van der Waals surface area contributed by atoms with Gasteiger partial charge < -0.3 is 9.47 Å². The second-order valence-electron chi connectivity index (χ2n) is 6.65. The molecule has 0 amide bonds. The Hall–Kier alpha value is -1.48. The smallest absolute Gasteiger partial charge is 0.434 e. The number of hydrogen-bond acceptors (Lipinski definition) is 4. The number of halogens is 6. The van der Waals surface area contributed by atoms with Gasteiger partial charge in [0.15, 0.2) is 0 Å². The van der Waals surface area contributed by atoms with Crippen LogP contribution in [0.5, 0.6) is 0 Å². The van der Waals surface area contributed by atoms with Gasteiger partial charge in [-0.05, 0) is 33.1 Å². The Labute approximate surface area is 148 Å². The number of carbonyl (C=O) groups is 2. The van der Waals surface area contributed by atoms with Crippen molar-refractivity contribution in [2.45, 2.75) is 84.4 Å². The van der Waals surface area contributed by atoms with Gasteiger partial charge in [0, 0.05) is 0 Å². The summed E-state index contributed by atoms with van der Waals surface area (Å²) < 4.78 is 84.0. The first-order chi connectivity index (χ1) is 11.5. The van der Waals surface area contributed by atoms with Crippen LogP contribution >= 0.6 is 0 Å². The SMILES string of the molecule is CCC(CC)(CC(=O)OC(C(F)(F)F)C(F)(F)F)OC(=O)C(C)(C)CC. The molecule has 0 bridgehead atoms.